The lowest BCUT2D eigenvalue weighted by molar-refractivity contribution is -0.134. The number of carbonyl (C=O) groups excluding carboxylic acids is 2. The van der Waals surface area contributed by atoms with Gasteiger partial charge >= 0.3 is 0 Å². The number of aromatic nitrogens is 1. The van der Waals surface area contributed by atoms with E-state index in [2.05, 4.69) is 24.1 Å². The van der Waals surface area contributed by atoms with Crippen LogP contribution in [0.3, 0.4) is 0 Å². The Morgan fingerprint density at radius 2 is 1.88 bits per heavy atom. The van der Waals surface area contributed by atoms with Crippen molar-refractivity contribution in [3.63, 3.8) is 0 Å². The van der Waals surface area contributed by atoms with E-state index in [9.17, 15) is 9.59 Å². The molecule has 1 fully saturated rings. The Hall–Kier alpha value is -2.54. The van der Waals surface area contributed by atoms with E-state index >= 15 is 0 Å². The molecule has 2 aromatic heterocycles. The molecule has 1 aliphatic heterocycles. The summed E-state index contributed by atoms with van der Waals surface area (Å²) in [5.74, 6) is 0.556. The summed E-state index contributed by atoms with van der Waals surface area (Å²) in [4.78, 5) is 31.5. The second-order valence-corrected chi connectivity index (χ2v) is 9.23. The molecule has 2 aromatic rings. The van der Waals surface area contributed by atoms with E-state index in [1.165, 1.54) is 6.42 Å². The van der Waals surface area contributed by atoms with Gasteiger partial charge in [-0.05, 0) is 57.1 Å². The van der Waals surface area contributed by atoms with Crippen molar-refractivity contribution in [1.29, 1.82) is 0 Å². The zero-order valence-corrected chi connectivity index (χ0v) is 19.6. The first-order valence-electron chi connectivity index (χ1n) is 12.1. The second kappa shape index (κ2) is 9.53. The monoisotopic (exact) mass is 440 g/mol. The first kappa shape index (κ1) is 22.6. The molecule has 0 radical (unpaired) electrons. The third-order valence-corrected chi connectivity index (χ3v) is 7.24. The minimum atomic E-state index is -0.963. The molecule has 1 saturated carbocycles. The highest BCUT2D eigenvalue weighted by Gasteiger charge is 2.48. The van der Waals surface area contributed by atoms with E-state index < -0.39 is 5.54 Å². The van der Waals surface area contributed by atoms with E-state index in [4.69, 9.17) is 4.42 Å². The lowest BCUT2D eigenvalue weighted by atomic mass is 9.91. The van der Waals surface area contributed by atoms with Gasteiger partial charge in [0.2, 0.25) is 5.91 Å². The van der Waals surface area contributed by atoms with Gasteiger partial charge in [-0.2, -0.15) is 0 Å². The van der Waals surface area contributed by atoms with Gasteiger partial charge in [0, 0.05) is 19.1 Å². The van der Waals surface area contributed by atoms with Gasteiger partial charge in [-0.15, -0.1) is 0 Å². The van der Waals surface area contributed by atoms with Crippen molar-refractivity contribution in [2.24, 2.45) is 0 Å². The van der Waals surface area contributed by atoms with Crippen molar-refractivity contribution >= 4 is 11.8 Å². The predicted octanol–water partition coefficient (Wildman–Crippen LogP) is 3.75. The number of furan rings is 1. The molecule has 32 heavy (non-hydrogen) atoms. The predicted molar refractivity (Wildman–Crippen MR) is 124 cm³/mol. The molecule has 0 saturated heterocycles. The zero-order chi connectivity index (χ0) is 22.7. The van der Waals surface area contributed by atoms with E-state index in [-0.39, 0.29) is 17.9 Å². The third kappa shape index (κ3) is 4.22. The summed E-state index contributed by atoms with van der Waals surface area (Å²) in [6, 6.07) is 7.69. The van der Waals surface area contributed by atoms with Crippen LogP contribution in [0.25, 0.3) is 11.5 Å². The summed E-state index contributed by atoms with van der Waals surface area (Å²) < 4.78 is 7.57. The Morgan fingerprint density at radius 1 is 1.16 bits per heavy atom. The van der Waals surface area contributed by atoms with Crippen LogP contribution in [-0.2, 0) is 11.3 Å². The van der Waals surface area contributed by atoms with Crippen molar-refractivity contribution in [3.05, 3.63) is 36.2 Å². The molecule has 1 atom stereocenters. The normalized spacial score (nSPS) is 21.8. The zero-order valence-electron chi connectivity index (χ0n) is 19.6. The number of amides is 2. The molecule has 7 nitrogen and oxygen atoms in total. The van der Waals surface area contributed by atoms with Gasteiger partial charge in [0.1, 0.15) is 17.0 Å². The molecule has 1 N–H and O–H groups in total. The van der Waals surface area contributed by atoms with E-state index in [0.29, 0.717) is 24.5 Å². The summed E-state index contributed by atoms with van der Waals surface area (Å²) >= 11 is 0. The summed E-state index contributed by atoms with van der Waals surface area (Å²) in [5, 5.41) is 3.29. The van der Waals surface area contributed by atoms with Gasteiger partial charge in [0.25, 0.3) is 5.91 Å². The molecule has 2 amide bonds. The van der Waals surface area contributed by atoms with E-state index in [1.807, 2.05) is 35.8 Å². The number of nitrogens with zero attached hydrogens (tertiary/aromatic N) is 3. The molecule has 3 heterocycles. The van der Waals surface area contributed by atoms with Gasteiger partial charge in [0.05, 0.1) is 18.5 Å². The molecule has 4 rings (SSSR count). The van der Waals surface area contributed by atoms with Crippen LogP contribution in [0.1, 0.15) is 63.4 Å². The number of rotatable bonds is 8. The Morgan fingerprint density at radius 3 is 2.53 bits per heavy atom. The van der Waals surface area contributed by atoms with Crippen LogP contribution in [0.15, 0.2) is 34.9 Å². The van der Waals surface area contributed by atoms with Crippen LogP contribution in [0.4, 0.5) is 0 Å². The topological polar surface area (TPSA) is 70.7 Å². The maximum absolute atomic E-state index is 13.7. The van der Waals surface area contributed by atoms with Crippen LogP contribution in [0.5, 0.6) is 0 Å². The molecule has 2 aliphatic rings. The van der Waals surface area contributed by atoms with E-state index in [0.717, 1.165) is 51.0 Å². The van der Waals surface area contributed by atoms with Crippen LogP contribution < -0.4 is 5.32 Å². The SMILES string of the molecule is CCN(CC)CCN1C(=O)c2ccc(-c3ccco3)n2C[C@]1(C)C(=O)NC1CCCCC1. The Bertz CT molecular complexity index is 925. The Balaban J connectivity index is 1.66. The number of fused-ring (bicyclic) bond motifs is 1. The highest BCUT2D eigenvalue weighted by Crippen LogP contribution is 2.33. The van der Waals surface area contributed by atoms with Crippen LogP contribution in [0, 0.1) is 0 Å². The van der Waals surface area contributed by atoms with E-state index in [1.54, 1.807) is 11.2 Å². The average Bonchev–Trinajstić information content (AvgIpc) is 3.46. The summed E-state index contributed by atoms with van der Waals surface area (Å²) in [7, 11) is 0. The standard InChI is InChI=1S/C25H36N4O3/c1-4-27(5-2)15-16-29-23(30)21-14-13-20(22-12-9-17-32-22)28(21)18-25(29,3)24(31)26-19-10-7-6-8-11-19/h9,12-14,17,19H,4-8,10-11,15-16,18H2,1-3H3,(H,26,31)/t25-/m1/s1. The van der Waals surface area contributed by atoms with Crippen LogP contribution in [-0.4, -0.2) is 63.9 Å². The molecule has 174 valence electrons. The number of hydrogen-bond acceptors (Lipinski definition) is 4. The molecule has 7 heteroatoms. The van der Waals surface area contributed by atoms with Crippen molar-refractivity contribution in [1.82, 2.24) is 19.7 Å². The van der Waals surface area contributed by atoms with Gasteiger partial charge in [-0.25, -0.2) is 0 Å². The molecule has 1 aliphatic carbocycles. The molecular formula is C25H36N4O3. The highest BCUT2D eigenvalue weighted by atomic mass is 16.3. The molecular weight excluding hydrogens is 404 g/mol. The lowest BCUT2D eigenvalue weighted by Crippen LogP contribution is -2.65. The summed E-state index contributed by atoms with van der Waals surface area (Å²) in [5.41, 5.74) is 0.479. The summed E-state index contributed by atoms with van der Waals surface area (Å²) in [6.07, 6.45) is 7.19. The van der Waals surface area contributed by atoms with Crippen molar-refractivity contribution in [2.45, 2.75) is 71.0 Å². The Labute approximate surface area is 190 Å². The number of carbonyl (C=O) groups is 2. The van der Waals surface area contributed by atoms with Gasteiger partial charge < -0.3 is 24.1 Å². The fourth-order valence-electron chi connectivity index (χ4n) is 5.13. The maximum atomic E-state index is 13.7. The fraction of sp³-hybridized carbons (Fsp3) is 0.600. The smallest absolute Gasteiger partial charge is 0.271 e. The highest BCUT2D eigenvalue weighted by molar-refractivity contribution is 6.00. The third-order valence-electron chi connectivity index (χ3n) is 7.24. The maximum Gasteiger partial charge on any atom is 0.271 e. The van der Waals surface area contributed by atoms with Gasteiger partial charge in [0.15, 0.2) is 0 Å². The largest absolute Gasteiger partial charge is 0.463 e. The molecule has 0 bridgehead atoms. The van der Waals surface area contributed by atoms with Gasteiger partial charge in [-0.1, -0.05) is 33.1 Å². The Kier molecular flexibility index (Phi) is 6.74. The molecule has 0 aromatic carbocycles. The first-order valence-corrected chi connectivity index (χ1v) is 12.1. The summed E-state index contributed by atoms with van der Waals surface area (Å²) in [6.45, 7) is 9.68. The van der Waals surface area contributed by atoms with Crippen LogP contribution in [0.2, 0.25) is 0 Å². The van der Waals surface area contributed by atoms with Crippen molar-refractivity contribution < 1.29 is 14.0 Å². The van der Waals surface area contributed by atoms with Crippen LogP contribution >= 0.6 is 0 Å². The number of likely N-dealkylation sites (N-methyl/N-ethyl adjacent to an activating group) is 1. The van der Waals surface area contributed by atoms with Crippen molar-refractivity contribution in [3.8, 4) is 11.5 Å². The number of hydrogen-bond donors (Lipinski definition) is 1. The molecule has 0 unspecified atom stereocenters. The second-order valence-electron chi connectivity index (χ2n) is 9.23. The minimum absolute atomic E-state index is 0.0537. The van der Waals surface area contributed by atoms with Crippen molar-refractivity contribution in [2.75, 3.05) is 26.2 Å². The molecule has 0 spiro atoms. The minimum Gasteiger partial charge on any atom is -0.463 e. The first-order chi connectivity index (χ1) is 15.5. The average molecular weight is 441 g/mol. The number of nitrogens with one attached hydrogen (secondary N) is 1. The lowest BCUT2D eigenvalue weighted by Gasteiger charge is -2.45. The quantitative estimate of drug-likeness (QED) is 0.679. The van der Waals surface area contributed by atoms with Gasteiger partial charge in [-0.3, -0.25) is 9.59 Å². The fourth-order valence-corrected chi connectivity index (χ4v) is 5.13.